The third-order valence-corrected chi connectivity index (χ3v) is 3.75. The number of aromatic carboxylic acids is 1. The van der Waals surface area contributed by atoms with Gasteiger partial charge in [0.2, 0.25) is 5.43 Å². The van der Waals surface area contributed by atoms with E-state index >= 15 is 0 Å². The first kappa shape index (κ1) is 12.9. The van der Waals surface area contributed by atoms with Crippen molar-refractivity contribution < 1.29 is 14.6 Å². The highest BCUT2D eigenvalue weighted by Gasteiger charge is 2.20. The molecule has 0 aliphatic carbocycles. The van der Waals surface area contributed by atoms with E-state index < -0.39 is 11.4 Å². The van der Waals surface area contributed by atoms with Crippen molar-refractivity contribution in [3.8, 4) is 0 Å². The van der Waals surface area contributed by atoms with Crippen LogP contribution in [0, 0.1) is 0 Å². The lowest BCUT2D eigenvalue weighted by molar-refractivity contribution is 0.0681. The van der Waals surface area contributed by atoms with Crippen LogP contribution in [0.5, 0.6) is 0 Å². The summed E-state index contributed by atoms with van der Waals surface area (Å²) >= 11 is 0. The Labute approximate surface area is 115 Å². The van der Waals surface area contributed by atoms with Crippen molar-refractivity contribution in [1.82, 2.24) is 4.57 Å². The summed E-state index contributed by atoms with van der Waals surface area (Å²) in [6.07, 6.45) is 3.13. The van der Waals surface area contributed by atoms with E-state index in [0.29, 0.717) is 18.6 Å². The van der Waals surface area contributed by atoms with Gasteiger partial charge in [0.05, 0.1) is 5.52 Å². The second-order valence-electron chi connectivity index (χ2n) is 4.95. The first-order valence-electron chi connectivity index (χ1n) is 6.63. The third-order valence-electron chi connectivity index (χ3n) is 3.75. The lowest BCUT2D eigenvalue weighted by Crippen LogP contribution is -2.24. The molecule has 3 rings (SSSR count). The van der Waals surface area contributed by atoms with E-state index in [2.05, 4.69) is 0 Å². The van der Waals surface area contributed by atoms with Crippen LogP contribution in [-0.4, -0.2) is 28.9 Å². The fourth-order valence-electron chi connectivity index (χ4n) is 2.72. The number of hydrogen-bond donors (Lipinski definition) is 1. The van der Waals surface area contributed by atoms with Crippen LogP contribution in [0.2, 0.25) is 0 Å². The molecule has 5 heteroatoms. The predicted molar refractivity (Wildman–Crippen MR) is 74.3 cm³/mol. The number of benzene rings is 1. The van der Waals surface area contributed by atoms with Crippen LogP contribution in [0.3, 0.4) is 0 Å². The molecule has 0 atom stereocenters. The molecule has 1 aliphatic heterocycles. The second-order valence-corrected chi connectivity index (χ2v) is 4.95. The lowest BCUT2D eigenvalue weighted by atomic mass is 10.1. The van der Waals surface area contributed by atoms with E-state index in [9.17, 15) is 14.7 Å². The van der Waals surface area contributed by atoms with Crippen LogP contribution in [0.1, 0.15) is 29.2 Å². The van der Waals surface area contributed by atoms with Gasteiger partial charge in [0, 0.05) is 30.8 Å². The standard InChI is InChI=1S/C15H15NO4/c17-14-11-3-1-2-4-13(11)16(9-12(14)15(18)19)10-5-7-20-8-6-10/h1-4,9-10H,5-8H2,(H,18,19). The Bertz CT molecular complexity index is 713. The van der Waals surface area contributed by atoms with E-state index in [4.69, 9.17) is 4.74 Å². The number of carboxylic acids is 1. The zero-order valence-electron chi connectivity index (χ0n) is 10.9. The van der Waals surface area contributed by atoms with Crippen molar-refractivity contribution in [2.45, 2.75) is 18.9 Å². The number of nitrogens with zero attached hydrogens (tertiary/aromatic N) is 1. The Morgan fingerprint density at radius 2 is 1.95 bits per heavy atom. The van der Waals surface area contributed by atoms with Crippen molar-refractivity contribution in [2.24, 2.45) is 0 Å². The zero-order valence-corrected chi connectivity index (χ0v) is 10.9. The molecule has 2 aromatic rings. The zero-order chi connectivity index (χ0) is 14.1. The van der Waals surface area contributed by atoms with Gasteiger partial charge in [-0.1, -0.05) is 12.1 Å². The first-order valence-corrected chi connectivity index (χ1v) is 6.63. The molecular weight excluding hydrogens is 258 g/mol. The number of carboxylic acid groups (broad SMARTS) is 1. The summed E-state index contributed by atoms with van der Waals surface area (Å²) in [5.41, 5.74) is 0.195. The Kier molecular flexibility index (Phi) is 3.28. The van der Waals surface area contributed by atoms with Gasteiger partial charge in [-0.25, -0.2) is 4.79 Å². The van der Waals surface area contributed by atoms with E-state index in [0.717, 1.165) is 18.4 Å². The molecule has 1 aliphatic rings. The van der Waals surface area contributed by atoms with Gasteiger partial charge in [-0.3, -0.25) is 4.79 Å². The van der Waals surface area contributed by atoms with Crippen LogP contribution >= 0.6 is 0 Å². The molecule has 0 amide bonds. The van der Waals surface area contributed by atoms with Gasteiger partial charge >= 0.3 is 5.97 Å². The van der Waals surface area contributed by atoms with E-state index in [1.54, 1.807) is 12.1 Å². The average Bonchev–Trinajstić information content (AvgIpc) is 2.48. The molecular formula is C15H15NO4. The second kappa shape index (κ2) is 5.09. The summed E-state index contributed by atoms with van der Waals surface area (Å²) < 4.78 is 7.26. The lowest BCUT2D eigenvalue weighted by Gasteiger charge is -2.26. The van der Waals surface area contributed by atoms with Gasteiger partial charge in [-0.05, 0) is 25.0 Å². The quantitative estimate of drug-likeness (QED) is 0.909. The van der Waals surface area contributed by atoms with E-state index in [-0.39, 0.29) is 11.6 Å². The van der Waals surface area contributed by atoms with Crippen LogP contribution in [0.15, 0.2) is 35.3 Å². The van der Waals surface area contributed by atoms with Crippen molar-refractivity contribution in [3.63, 3.8) is 0 Å². The Morgan fingerprint density at radius 1 is 1.25 bits per heavy atom. The minimum Gasteiger partial charge on any atom is -0.477 e. The summed E-state index contributed by atoms with van der Waals surface area (Å²) in [6.45, 7) is 1.32. The number of hydrogen-bond acceptors (Lipinski definition) is 3. The maximum Gasteiger partial charge on any atom is 0.341 e. The average molecular weight is 273 g/mol. The predicted octanol–water partition coefficient (Wildman–Crippen LogP) is 2.05. The molecule has 5 nitrogen and oxygen atoms in total. The number of ether oxygens (including phenoxy) is 1. The molecule has 2 heterocycles. The van der Waals surface area contributed by atoms with Gasteiger partial charge in [0.25, 0.3) is 0 Å². The highest BCUT2D eigenvalue weighted by molar-refractivity contribution is 5.92. The molecule has 104 valence electrons. The number of carbonyl (C=O) groups is 1. The number of para-hydroxylation sites is 1. The van der Waals surface area contributed by atoms with Gasteiger partial charge in [0.15, 0.2) is 0 Å². The third kappa shape index (κ3) is 2.10. The van der Waals surface area contributed by atoms with Gasteiger partial charge in [-0.2, -0.15) is 0 Å². The highest BCUT2D eigenvalue weighted by Crippen LogP contribution is 2.25. The van der Waals surface area contributed by atoms with Crippen LogP contribution < -0.4 is 5.43 Å². The summed E-state index contributed by atoms with van der Waals surface area (Å²) in [5.74, 6) is -1.18. The molecule has 1 aromatic heterocycles. The van der Waals surface area contributed by atoms with Crippen molar-refractivity contribution >= 4 is 16.9 Å². The Balaban J connectivity index is 2.26. The van der Waals surface area contributed by atoms with Crippen LogP contribution in [-0.2, 0) is 4.74 Å². The maximum atomic E-state index is 12.2. The van der Waals surface area contributed by atoms with Gasteiger partial charge < -0.3 is 14.4 Å². The molecule has 20 heavy (non-hydrogen) atoms. The molecule has 1 N–H and O–H groups in total. The minimum atomic E-state index is -1.18. The maximum absolute atomic E-state index is 12.2. The molecule has 0 saturated carbocycles. The smallest absolute Gasteiger partial charge is 0.341 e. The largest absolute Gasteiger partial charge is 0.477 e. The monoisotopic (exact) mass is 273 g/mol. The number of rotatable bonds is 2. The molecule has 0 bridgehead atoms. The van der Waals surface area contributed by atoms with Crippen molar-refractivity contribution in [1.29, 1.82) is 0 Å². The van der Waals surface area contributed by atoms with Gasteiger partial charge in [0.1, 0.15) is 5.56 Å². The number of aromatic nitrogens is 1. The molecule has 1 saturated heterocycles. The normalized spacial score (nSPS) is 16.4. The highest BCUT2D eigenvalue weighted by atomic mass is 16.5. The molecule has 0 spiro atoms. The fourth-order valence-corrected chi connectivity index (χ4v) is 2.72. The fraction of sp³-hybridized carbons (Fsp3) is 0.333. The summed E-state index contributed by atoms with van der Waals surface area (Å²) in [7, 11) is 0. The molecule has 1 fully saturated rings. The number of pyridine rings is 1. The summed E-state index contributed by atoms with van der Waals surface area (Å²) in [6, 6.07) is 7.33. The molecule has 1 aromatic carbocycles. The Hall–Kier alpha value is -2.14. The van der Waals surface area contributed by atoms with E-state index in [1.165, 1.54) is 6.20 Å². The number of fused-ring (bicyclic) bond motifs is 1. The Morgan fingerprint density at radius 3 is 2.65 bits per heavy atom. The molecule has 0 radical (unpaired) electrons. The SMILES string of the molecule is O=C(O)c1cn(C2CCOCC2)c2ccccc2c1=O. The van der Waals surface area contributed by atoms with Crippen LogP contribution in [0.4, 0.5) is 0 Å². The summed E-state index contributed by atoms with van der Waals surface area (Å²) in [5, 5.41) is 9.67. The first-order chi connectivity index (χ1) is 9.68. The molecule has 0 unspecified atom stereocenters. The van der Waals surface area contributed by atoms with Crippen LogP contribution in [0.25, 0.3) is 10.9 Å². The minimum absolute atomic E-state index is 0.171. The topological polar surface area (TPSA) is 68.5 Å². The van der Waals surface area contributed by atoms with Gasteiger partial charge in [-0.15, -0.1) is 0 Å². The van der Waals surface area contributed by atoms with E-state index in [1.807, 2.05) is 16.7 Å². The van der Waals surface area contributed by atoms with Crippen molar-refractivity contribution in [3.05, 3.63) is 46.2 Å². The van der Waals surface area contributed by atoms with Crippen molar-refractivity contribution in [2.75, 3.05) is 13.2 Å². The summed E-state index contributed by atoms with van der Waals surface area (Å²) in [4.78, 5) is 23.4.